The maximum Gasteiger partial charge on any atom is 0.0983 e. The fourth-order valence-corrected chi connectivity index (χ4v) is 4.73. The number of rotatable bonds is 3. The van der Waals surface area contributed by atoms with E-state index in [9.17, 15) is 5.11 Å². The van der Waals surface area contributed by atoms with Crippen LogP contribution in [0.3, 0.4) is 0 Å². The van der Waals surface area contributed by atoms with Gasteiger partial charge in [-0.1, -0.05) is 105 Å². The van der Waals surface area contributed by atoms with Crippen LogP contribution >= 0.6 is 0 Å². The molecule has 27 heavy (non-hydrogen) atoms. The SMILES string of the molecule is C[C@@H]1[C@H](c2ccccc2)N[C@H](c2ccccc2)[C@H](C)C1(O)c1ccccc1. The van der Waals surface area contributed by atoms with Crippen LogP contribution in [0.5, 0.6) is 0 Å². The van der Waals surface area contributed by atoms with E-state index in [0.717, 1.165) is 5.56 Å². The lowest BCUT2D eigenvalue weighted by Gasteiger charge is -2.52. The quantitative estimate of drug-likeness (QED) is 0.672. The second kappa shape index (κ2) is 7.30. The topological polar surface area (TPSA) is 32.3 Å². The number of hydrogen-bond donors (Lipinski definition) is 2. The van der Waals surface area contributed by atoms with E-state index in [4.69, 9.17) is 0 Å². The summed E-state index contributed by atoms with van der Waals surface area (Å²) in [7, 11) is 0. The van der Waals surface area contributed by atoms with Gasteiger partial charge in [0, 0.05) is 23.9 Å². The molecule has 2 N–H and O–H groups in total. The summed E-state index contributed by atoms with van der Waals surface area (Å²) in [4.78, 5) is 0. The van der Waals surface area contributed by atoms with Crippen LogP contribution in [-0.4, -0.2) is 5.11 Å². The predicted octanol–water partition coefficient (Wildman–Crippen LogP) is 5.23. The highest BCUT2D eigenvalue weighted by Crippen LogP contribution is 2.51. The van der Waals surface area contributed by atoms with Gasteiger partial charge in [-0.25, -0.2) is 0 Å². The van der Waals surface area contributed by atoms with E-state index in [0.29, 0.717) is 0 Å². The van der Waals surface area contributed by atoms with Gasteiger partial charge in [0.2, 0.25) is 0 Å². The van der Waals surface area contributed by atoms with Crippen molar-refractivity contribution in [2.24, 2.45) is 11.8 Å². The lowest BCUT2D eigenvalue weighted by Crippen LogP contribution is -2.55. The fourth-order valence-electron chi connectivity index (χ4n) is 4.73. The maximum absolute atomic E-state index is 12.1. The molecule has 0 bridgehead atoms. The molecule has 1 fully saturated rings. The maximum atomic E-state index is 12.1. The van der Waals surface area contributed by atoms with Crippen LogP contribution in [0.15, 0.2) is 91.0 Å². The molecule has 0 radical (unpaired) electrons. The van der Waals surface area contributed by atoms with Gasteiger partial charge in [0.25, 0.3) is 0 Å². The Morgan fingerprint density at radius 2 is 1.00 bits per heavy atom. The summed E-state index contributed by atoms with van der Waals surface area (Å²) in [5, 5.41) is 16.0. The average Bonchev–Trinajstić information content (AvgIpc) is 2.74. The first-order valence-electron chi connectivity index (χ1n) is 9.76. The standard InChI is InChI=1S/C25H27NO/c1-18-23(20-12-6-3-7-13-20)26-24(21-14-8-4-9-15-21)19(2)25(18,27)22-16-10-5-11-17-22/h3-19,23-24,26-27H,1-2H3/t18-,19+,23-,24+,25?. The molecule has 4 rings (SSSR count). The van der Waals surface area contributed by atoms with Crippen LogP contribution < -0.4 is 5.32 Å². The van der Waals surface area contributed by atoms with E-state index in [1.54, 1.807) is 0 Å². The van der Waals surface area contributed by atoms with Gasteiger partial charge in [-0.3, -0.25) is 0 Å². The van der Waals surface area contributed by atoms with Crippen molar-refractivity contribution in [3.8, 4) is 0 Å². The first-order valence-corrected chi connectivity index (χ1v) is 9.76. The summed E-state index contributed by atoms with van der Waals surface area (Å²) in [6, 6.07) is 31.3. The highest BCUT2D eigenvalue weighted by Gasteiger charge is 2.52. The van der Waals surface area contributed by atoms with Crippen LogP contribution in [0.1, 0.15) is 42.6 Å². The third-order valence-corrected chi connectivity index (χ3v) is 6.30. The Hall–Kier alpha value is -2.42. The van der Waals surface area contributed by atoms with E-state index < -0.39 is 5.60 Å². The average molecular weight is 357 g/mol. The number of piperidine rings is 1. The molecule has 0 aromatic heterocycles. The van der Waals surface area contributed by atoms with Gasteiger partial charge in [-0.2, -0.15) is 0 Å². The van der Waals surface area contributed by atoms with E-state index in [-0.39, 0.29) is 23.9 Å². The molecule has 3 aromatic carbocycles. The summed E-state index contributed by atoms with van der Waals surface area (Å²) in [5.74, 6) is 0.0505. The Labute approximate surface area is 161 Å². The molecular weight excluding hydrogens is 330 g/mol. The van der Waals surface area contributed by atoms with Crippen molar-refractivity contribution in [3.05, 3.63) is 108 Å². The molecule has 2 heteroatoms. The van der Waals surface area contributed by atoms with Crippen LogP contribution in [0.2, 0.25) is 0 Å². The van der Waals surface area contributed by atoms with Crippen molar-refractivity contribution in [3.63, 3.8) is 0 Å². The number of benzene rings is 3. The molecule has 2 nitrogen and oxygen atoms in total. The highest BCUT2D eigenvalue weighted by molar-refractivity contribution is 5.33. The smallest absolute Gasteiger partial charge is 0.0983 e. The molecule has 0 saturated carbocycles. The van der Waals surface area contributed by atoms with Crippen LogP contribution in [0.25, 0.3) is 0 Å². The molecule has 1 aliphatic rings. The van der Waals surface area contributed by atoms with Crippen molar-refractivity contribution in [1.29, 1.82) is 0 Å². The van der Waals surface area contributed by atoms with Crippen molar-refractivity contribution in [2.45, 2.75) is 31.5 Å². The zero-order chi connectivity index (χ0) is 18.9. The molecule has 0 aliphatic carbocycles. The Kier molecular flexibility index (Phi) is 4.86. The molecular formula is C25H27NO. The Morgan fingerprint density at radius 3 is 1.41 bits per heavy atom. The van der Waals surface area contributed by atoms with Gasteiger partial charge in [0.1, 0.15) is 0 Å². The number of hydrogen-bond acceptors (Lipinski definition) is 2. The summed E-state index contributed by atoms with van der Waals surface area (Å²) in [6.45, 7) is 4.32. The van der Waals surface area contributed by atoms with Crippen molar-refractivity contribution >= 4 is 0 Å². The third-order valence-electron chi connectivity index (χ3n) is 6.30. The molecule has 0 spiro atoms. The summed E-state index contributed by atoms with van der Waals surface area (Å²) < 4.78 is 0. The summed E-state index contributed by atoms with van der Waals surface area (Å²) in [5.41, 5.74) is 2.50. The highest BCUT2D eigenvalue weighted by atomic mass is 16.3. The Morgan fingerprint density at radius 1 is 0.630 bits per heavy atom. The van der Waals surface area contributed by atoms with Crippen molar-refractivity contribution < 1.29 is 5.11 Å². The van der Waals surface area contributed by atoms with Gasteiger partial charge in [-0.15, -0.1) is 0 Å². The second-order valence-corrected chi connectivity index (χ2v) is 7.71. The molecule has 5 atom stereocenters. The molecule has 1 unspecified atom stereocenters. The van der Waals surface area contributed by atoms with Crippen LogP contribution in [-0.2, 0) is 5.60 Å². The van der Waals surface area contributed by atoms with E-state index >= 15 is 0 Å². The Balaban J connectivity index is 1.84. The molecule has 1 saturated heterocycles. The molecule has 0 amide bonds. The van der Waals surface area contributed by atoms with Crippen molar-refractivity contribution in [1.82, 2.24) is 5.32 Å². The van der Waals surface area contributed by atoms with Gasteiger partial charge in [0.05, 0.1) is 5.60 Å². The predicted molar refractivity (Wildman–Crippen MR) is 110 cm³/mol. The second-order valence-electron chi connectivity index (χ2n) is 7.71. The van der Waals surface area contributed by atoms with E-state index in [1.165, 1.54) is 11.1 Å². The molecule has 3 aromatic rings. The molecule has 1 aliphatic heterocycles. The van der Waals surface area contributed by atoms with Gasteiger partial charge < -0.3 is 10.4 Å². The third kappa shape index (κ3) is 3.09. The van der Waals surface area contributed by atoms with Gasteiger partial charge >= 0.3 is 0 Å². The Bertz CT molecular complexity index is 811. The minimum Gasteiger partial charge on any atom is -0.384 e. The monoisotopic (exact) mass is 357 g/mol. The molecule has 138 valence electrons. The minimum absolute atomic E-state index is 0.0252. The fraction of sp³-hybridized carbons (Fsp3) is 0.280. The van der Waals surface area contributed by atoms with Crippen LogP contribution in [0, 0.1) is 11.8 Å². The first-order chi connectivity index (χ1) is 13.1. The number of aliphatic hydroxyl groups is 1. The van der Waals surface area contributed by atoms with E-state index in [1.807, 2.05) is 30.3 Å². The molecule has 1 heterocycles. The van der Waals surface area contributed by atoms with Gasteiger partial charge in [0.15, 0.2) is 0 Å². The van der Waals surface area contributed by atoms with Crippen LogP contribution in [0.4, 0.5) is 0 Å². The normalized spacial score (nSPS) is 30.8. The summed E-state index contributed by atoms with van der Waals surface area (Å²) in [6.07, 6.45) is 0. The lowest BCUT2D eigenvalue weighted by molar-refractivity contribution is -0.118. The zero-order valence-corrected chi connectivity index (χ0v) is 15.9. The van der Waals surface area contributed by atoms with Crippen molar-refractivity contribution in [2.75, 3.05) is 0 Å². The minimum atomic E-state index is -0.923. The largest absolute Gasteiger partial charge is 0.384 e. The van der Waals surface area contributed by atoms with E-state index in [2.05, 4.69) is 79.8 Å². The van der Waals surface area contributed by atoms with Gasteiger partial charge in [-0.05, 0) is 16.7 Å². The number of nitrogens with one attached hydrogen (secondary N) is 1. The zero-order valence-electron chi connectivity index (χ0n) is 15.9. The lowest BCUT2D eigenvalue weighted by atomic mass is 9.63. The summed E-state index contributed by atoms with van der Waals surface area (Å²) >= 11 is 0. The first kappa shape index (κ1) is 18.0.